The van der Waals surface area contributed by atoms with Crippen LogP contribution in [0.15, 0.2) is 66.3 Å². The number of benzene rings is 2. The Bertz CT molecular complexity index is 1030. The van der Waals surface area contributed by atoms with Crippen LogP contribution in [0.3, 0.4) is 0 Å². The Morgan fingerprint density at radius 1 is 1.20 bits per heavy atom. The number of aromatic nitrogens is 2. The van der Waals surface area contributed by atoms with E-state index in [9.17, 15) is 4.79 Å². The Hall–Kier alpha value is -4.01. The van der Waals surface area contributed by atoms with Gasteiger partial charge in [0.05, 0.1) is 19.1 Å². The number of hydrogen-bond acceptors (Lipinski definition) is 6. The van der Waals surface area contributed by atoms with E-state index in [-0.39, 0.29) is 6.79 Å². The lowest BCUT2D eigenvalue weighted by molar-refractivity contribution is 0.174. The summed E-state index contributed by atoms with van der Waals surface area (Å²) in [6.45, 7) is 0.859. The molecule has 9 nitrogen and oxygen atoms in total. The molecular formula is C21H21N5O4. The first-order chi connectivity index (χ1) is 14.7. The molecule has 1 aliphatic heterocycles. The maximum Gasteiger partial charge on any atom is 0.339 e. The first kappa shape index (κ1) is 19.3. The molecule has 0 unspecified atom stereocenters. The minimum atomic E-state index is -0.443. The molecule has 0 bridgehead atoms. The Kier molecular flexibility index (Phi) is 5.79. The van der Waals surface area contributed by atoms with E-state index in [2.05, 4.69) is 20.8 Å². The summed E-state index contributed by atoms with van der Waals surface area (Å²) in [5.41, 5.74) is 4.73. The molecule has 1 aromatic heterocycles. The van der Waals surface area contributed by atoms with Crippen LogP contribution in [0.5, 0.6) is 17.2 Å². The van der Waals surface area contributed by atoms with Gasteiger partial charge in [0.1, 0.15) is 5.75 Å². The number of aryl methyl sites for hydroxylation is 1. The lowest BCUT2D eigenvalue weighted by atomic mass is 10.1. The number of carbonyl (C=O) groups excluding carboxylic acids is 1. The van der Waals surface area contributed by atoms with Gasteiger partial charge in [0, 0.05) is 36.6 Å². The van der Waals surface area contributed by atoms with Crippen molar-refractivity contribution in [1.82, 2.24) is 15.0 Å². The van der Waals surface area contributed by atoms with E-state index in [1.807, 2.05) is 29.0 Å². The average Bonchev–Trinajstić information content (AvgIpc) is 3.45. The van der Waals surface area contributed by atoms with Gasteiger partial charge in [-0.1, -0.05) is 0 Å². The van der Waals surface area contributed by atoms with Crippen LogP contribution in [-0.4, -0.2) is 35.2 Å². The second-order valence-corrected chi connectivity index (χ2v) is 6.47. The van der Waals surface area contributed by atoms with Crippen LogP contribution in [0.1, 0.15) is 12.0 Å². The number of ether oxygens (including phenoxy) is 3. The Labute approximate surface area is 173 Å². The molecule has 9 heteroatoms. The van der Waals surface area contributed by atoms with Gasteiger partial charge in [-0.15, -0.1) is 0 Å². The van der Waals surface area contributed by atoms with Crippen LogP contribution in [0, 0.1) is 0 Å². The third-order valence-corrected chi connectivity index (χ3v) is 4.51. The summed E-state index contributed by atoms with van der Waals surface area (Å²) in [6.07, 6.45) is 5.92. The van der Waals surface area contributed by atoms with Gasteiger partial charge >= 0.3 is 6.03 Å². The molecule has 0 atom stereocenters. The van der Waals surface area contributed by atoms with Crippen molar-refractivity contribution in [2.24, 2.45) is 5.10 Å². The van der Waals surface area contributed by atoms with Crippen molar-refractivity contribution in [2.75, 3.05) is 19.2 Å². The zero-order valence-electron chi connectivity index (χ0n) is 16.4. The van der Waals surface area contributed by atoms with Gasteiger partial charge in [-0.25, -0.2) is 15.2 Å². The van der Waals surface area contributed by atoms with Gasteiger partial charge < -0.3 is 24.1 Å². The van der Waals surface area contributed by atoms with Crippen molar-refractivity contribution in [3.63, 3.8) is 0 Å². The highest BCUT2D eigenvalue weighted by atomic mass is 16.7. The smallest absolute Gasteiger partial charge is 0.339 e. The van der Waals surface area contributed by atoms with Crippen molar-refractivity contribution in [2.45, 2.75) is 13.0 Å². The quantitative estimate of drug-likeness (QED) is 0.463. The number of nitrogens with zero attached hydrogens (tertiary/aromatic N) is 3. The van der Waals surface area contributed by atoms with E-state index in [1.165, 1.54) is 0 Å². The molecule has 2 aromatic carbocycles. The molecule has 0 saturated carbocycles. The molecule has 154 valence electrons. The molecule has 2 amide bonds. The first-order valence-corrected chi connectivity index (χ1v) is 9.34. The van der Waals surface area contributed by atoms with Gasteiger partial charge in [0.15, 0.2) is 11.5 Å². The number of urea groups is 1. The second-order valence-electron chi connectivity index (χ2n) is 6.47. The fourth-order valence-electron chi connectivity index (χ4n) is 2.95. The summed E-state index contributed by atoms with van der Waals surface area (Å²) in [4.78, 5) is 16.4. The number of anilines is 1. The highest BCUT2D eigenvalue weighted by Gasteiger charge is 2.16. The monoisotopic (exact) mass is 407 g/mol. The minimum absolute atomic E-state index is 0.197. The summed E-state index contributed by atoms with van der Waals surface area (Å²) in [5, 5.41) is 7.09. The van der Waals surface area contributed by atoms with Crippen molar-refractivity contribution in [3.05, 3.63) is 66.7 Å². The van der Waals surface area contributed by atoms with Crippen LogP contribution < -0.4 is 25.0 Å². The molecule has 4 rings (SSSR count). The molecule has 30 heavy (non-hydrogen) atoms. The Morgan fingerprint density at radius 2 is 2.03 bits per heavy atom. The zero-order valence-corrected chi connectivity index (χ0v) is 16.4. The fourth-order valence-corrected chi connectivity index (χ4v) is 2.95. The largest absolute Gasteiger partial charge is 0.497 e. The molecule has 0 aliphatic carbocycles. The van der Waals surface area contributed by atoms with Gasteiger partial charge in [0.2, 0.25) is 6.79 Å². The van der Waals surface area contributed by atoms with Crippen molar-refractivity contribution in [3.8, 4) is 17.2 Å². The zero-order chi connectivity index (χ0) is 20.8. The molecular weight excluding hydrogens is 386 g/mol. The summed E-state index contributed by atoms with van der Waals surface area (Å²) in [7, 11) is 1.59. The Morgan fingerprint density at radius 3 is 2.80 bits per heavy atom. The number of rotatable bonds is 7. The van der Waals surface area contributed by atoms with Crippen molar-refractivity contribution >= 4 is 17.4 Å². The van der Waals surface area contributed by atoms with E-state index in [4.69, 9.17) is 14.2 Å². The first-order valence-electron chi connectivity index (χ1n) is 9.34. The number of hydrogen-bond donors (Lipinski definition) is 2. The number of nitrogens with one attached hydrogen (secondary N) is 2. The van der Waals surface area contributed by atoms with Crippen LogP contribution in [0.4, 0.5) is 10.5 Å². The van der Waals surface area contributed by atoms with Crippen LogP contribution in [0.2, 0.25) is 0 Å². The maximum absolute atomic E-state index is 12.3. The van der Waals surface area contributed by atoms with Crippen molar-refractivity contribution < 1.29 is 19.0 Å². The van der Waals surface area contributed by atoms with E-state index in [0.29, 0.717) is 41.6 Å². The topological polar surface area (TPSA) is 99.0 Å². The molecule has 3 aromatic rings. The second kappa shape index (κ2) is 8.99. The summed E-state index contributed by atoms with van der Waals surface area (Å²) >= 11 is 0. The summed E-state index contributed by atoms with van der Waals surface area (Å²) in [6, 6.07) is 12.2. The predicted molar refractivity (Wildman–Crippen MR) is 111 cm³/mol. The number of carbonyl (C=O) groups is 1. The number of methoxy groups -OCH3 is 1. The fraction of sp³-hybridized carbons (Fsp3) is 0.190. The van der Waals surface area contributed by atoms with Gasteiger partial charge in [-0.2, -0.15) is 5.10 Å². The van der Waals surface area contributed by atoms with Crippen LogP contribution >= 0.6 is 0 Å². The predicted octanol–water partition coefficient (Wildman–Crippen LogP) is 3.24. The van der Waals surface area contributed by atoms with Gasteiger partial charge in [0.25, 0.3) is 0 Å². The van der Waals surface area contributed by atoms with Crippen molar-refractivity contribution in [1.29, 1.82) is 0 Å². The number of amides is 2. The molecule has 0 radical (unpaired) electrons. The molecule has 2 heterocycles. The molecule has 0 spiro atoms. The standard InChI is InChI=1S/C21H21N5O4/c1-28-17-5-3-16(4-6-17)23-21(27)25-24-18(8-10-26-11-9-22-13-26)15-2-7-19-20(12-15)30-14-29-19/h2-7,9,11-13H,8,10,14H2,1H3,(H2,23,25,27)/b24-18+. The summed E-state index contributed by atoms with van der Waals surface area (Å²) in [5.74, 6) is 2.06. The van der Waals surface area contributed by atoms with E-state index >= 15 is 0 Å². The third-order valence-electron chi connectivity index (χ3n) is 4.51. The average molecular weight is 407 g/mol. The van der Waals surface area contributed by atoms with E-state index < -0.39 is 6.03 Å². The highest BCUT2D eigenvalue weighted by molar-refractivity contribution is 6.02. The number of imidazole rings is 1. The van der Waals surface area contributed by atoms with E-state index in [0.717, 1.165) is 5.56 Å². The van der Waals surface area contributed by atoms with Gasteiger partial charge in [-0.05, 0) is 42.5 Å². The molecule has 0 saturated heterocycles. The van der Waals surface area contributed by atoms with Crippen LogP contribution in [0.25, 0.3) is 0 Å². The maximum atomic E-state index is 12.3. The normalized spacial score (nSPS) is 12.5. The van der Waals surface area contributed by atoms with Crippen LogP contribution in [-0.2, 0) is 6.54 Å². The Balaban J connectivity index is 1.47. The molecule has 0 fully saturated rings. The lowest BCUT2D eigenvalue weighted by Gasteiger charge is -2.10. The number of hydrazone groups is 1. The lowest BCUT2D eigenvalue weighted by Crippen LogP contribution is -2.26. The highest BCUT2D eigenvalue weighted by Crippen LogP contribution is 2.33. The van der Waals surface area contributed by atoms with E-state index in [1.54, 1.807) is 43.9 Å². The summed E-state index contributed by atoms with van der Waals surface area (Å²) < 4.78 is 17.9. The molecule has 1 aliphatic rings. The van der Waals surface area contributed by atoms with Gasteiger partial charge in [-0.3, -0.25) is 0 Å². The number of fused-ring (bicyclic) bond motifs is 1. The third kappa shape index (κ3) is 4.69. The minimum Gasteiger partial charge on any atom is -0.497 e. The molecule has 2 N–H and O–H groups in total. The SMILES string of the molecule is COc1ccc(NC(=O)N/N=C(\CCn2ccnc2)c2ccc3c(c2)OCO3)cc1.